The van der Waals surface area contributed by atoms with Crippen molar-refractivity contribution in [3.05, 3.63) is 71.1 Å². The number of thiophene rings is 1. The van der Waals surface area contributed by atoms with E-state index >= 15 is 0 Å². The minimum atomic E-state index is -1.10. The highest BCUT2D eigenvalue weighted by atomic mass is 32.1. The van der Waals surface area contributed by atoms with E-state index in [2.05, 4.69) is 21.3 Å². The smallest absolute Gasteiger partial charge is 0.262 e. The zero-order chi connectivity index (χ0) is 33.1. The number of amides is 4. The number of nitrogens with one attached hydrogen (secondary N) is 4. The highest BCUT2D eigenvalue weighted by Crippen LogP contribution is 2.31. The molecule has 2 aliphatic rings. The van der Waals surface area contributed by atoms with Gasteiger partial charge in [-0.05, 0) is 74.6 Å². The van der Waals surface area contributed by atoms with E-state index in [0.29, 0.717) is 43.6 Å². The molecule has 5 rings (SSSR count). The largest absolute Gasteiger partial charge is 0.356 e. The first-order valence-electron chi connectivity index (χ1n) is 17.3. The molecule has 0 bridgehead atoms. The quantitative estimate of drug-likeness (QED) is 0.155. The summed E-state index contributed by atoms with van der Waals surface area (Å²) >= 11 is 1.41. The van der Waals surface area contributed by atoms with Gasteiger partial charge in [-0.25, -0.2) is 0 Å². The van der Waals surface area contributed by atoms with Crippen molar-refractivity contribution < 1.29 is 19.2 Å². The Morgan fingerprint density at radius 2 is 1.66 bits per heavy atom. The number of hydrogen-bond donors (Lipinski definition) is 5. The van der Waals surface area contributed by atoms with E-state index < -0.39 is 11.6 Å². The maximum Gasteiger partial charge on any atom is 0.262 e. The first-order chi connectivity index (χ1) is 22.9. The van der Waals surface area contributed by atoms with Crippen LogP contribution >= 0.6 is 11.3 Å². The fourth-order valence-corrected chi connectivity index (χ4v) is 7.91. The second kappa shape index (κ2) is 16.9. The van der Waals surface area contributed by atoms with E-state index in [1.54, 1.807) is 0 Å². The van der Waals surface area contributed by atoms with E-state index in [9.17, 15) is 19.2 Å². The molecular weight excluding hydrogens is 611 g/mol. The van der Waals surface area contributed by atoms with Gasteiger partial charge in [0.1, 0.15) is 11.6 Å². The summed E-state index contributed by atoms with van der Waals surface area (Å²) < 4.78 is 1.02. The van der Waals surface area contributed by atoms with E-state index in [-0.39, 0.29) is 35.6 Å². The third-order valence-electron chi connectivity index (χ3n) is 9.62. The molecule has 2 saturated carbocycles. The second-order valence-electron chi connectivity index (χ2n) is 13.2. The highest BCUT2D eigenvalue weighted by Gasteiger charge is 2.43. The van der Waals surface area contributed by atoms with Crippen LogP contribution in [0.25, 0.3) is 10.1 Å². The average molecular weight is 660 g/mol. The van der Waals surface area contributed by atoms with Crippen molar-refractivity contribution >= 4 is 45.1 Å². The normalized spacial score (nSPS) is 19.8. The summed E-state index contributed by atoms with van der Waals surface area (Å²) in [6.07, 6.45) is 9.82. The van der Waals surface area contributed by atoms with Crippen LogP contribution in [0.15, 0.2) is 60.7 Å². The molecule has 4 amide bonds. The van der Waals surface area contributed by atoms with E-state index in [4.69, 9.17) is 5.73 Å². The van der Waals surface area contributed by atoms with Crippen LogP contribution < -0.4 is 27.0 Å². The van der Waals surface area contributed by atoms with Crippen LogP contribution in [0.3, 0.4) is 0 Å². The highest BCUT2D eigenvalue weighted by molar-refractivity contribution is 7.20. The van der Waals surface area contributed by atoms with Crippen LogP contribution in [0.4, 0.5) is 0 Å². The lowest BCUT2D eigenvalue weighted by atomic mass is 9.80. The third-order valence-corrected chi connectivity index (χ3v) is 10.7. The van der Waals surface area contributed by atoms with Gasteiger partial charge < -0.3 is 27.0 Å². The van der Waals surface area contributed by atoms with Crippen molar-refractivity contribution in [2.24, 2.45) is 11.7 Å². The molecule has 9 nitrogen and oxygen atoms in total. The van der Waals surface area contributed by atoms with Crippen molar-refractivity contribution in [3.8, 4) is 0 Å². The fraction of sp³-hybridized carbons (Fsp3) is 0.514. The Labute approximate surface area is 281 Å². The van der Waals surface area contributed by atoms with Crippen LogP contribution in [0.5, 0.6) is 0 Å². The molecular formula is C37H49N5O4S. The molecule has 10 heteroatoms. The minimum Gasteiger partial charge on any atom is -0.356 e. The topological polar surface area (TPSA) is 142 Å². The van der Waals surface area contributed by atoms with Crippen LogP contribution in [0.2, 0.25) is 0 Å². The van der Waals surface area contributed by atoms with Gasteiger partial charge in [0, 0.05) is 29.6 Å². The number of carbonyl (C=O) groups is 4. The Bertz CT molecular complexity index is 1470. The average Bonchev–Trinajstić information content (AvgIpc) is 3.54. The summed E-state index contributed by atoms with van der Waals surface area (Å²) in [5.74, 6) is -0.965. The van der Waals surface area contributed by atoms with Gasteiger partial charge in [-0.1, -0.05) is 80.6 Å². The predicted octanol–water partition coefficient (Wildman–Crippen LogP) is 4.98. The van der Waals surface area contributed by atoms with E-state index in [1.165, 1.54) is 11.3 Å². The molecule has 2 fully saturated rings. The van der Waals surface area contributed by atoms with Gasteiger partial charge in [-0.2, -0.15) is 0 Å². The minimum absolute atomic E-state index is 0.0412. The summed E-state index contributed by atoms with van der Waals surface area (Å²) in [6.45, 7) is 1.30. The molecule has 47 heavy (non-hydrogen) atoms. The summed E-state index contributed by atoms with van der Waals surface area (Å²) in [4.78, 5) is 55.1. The van der Waals surface area contributed by atoms with Crippen molar-refractivity contribution in [2.45, 2.75) is 101 Å². The molecule has 3 aromatic rings. The summed E-state index contributed by atoms with van der Waals surface area (Å²) in [5.41, 5.74) is 5.40. The van der Waals surface area contributed by atoms with Crippen molar-refractivity contribution in [3.63, 3.8) is 0 Å². The maximum absolute atomic E-state index is 14.2. The lowest BCUT2D eigenvalue weighted by molar-refractivity contribution is -0.134. The molecule has 3 atom stereocenters. The number of benzene rings is 2. The molecule has 6 N–H and O–H groups in total. The molecule has 2 aliphatic carbocycles. The van der Waals surface area contributed by atoms with Gasteiger partial charge in [0.2, 0.25) is 17.7 Å². The Balaban J connectivity index is 1.27. The Kier molecular flexibility index (Phi) is 12.4. The van der Waals surface area contributed by atoms with Crippen LogP contribution in [-0.2, 0) is 20.8 Å². The van der Waals surface area contributed by atoms with Crippen LogP contribution in [0.1, 0.15) is 92.3 Å². The third kappa shape index (κ3) is 9.41. The lowest BCUT2D eigenvalue weighted by Gasteiger charge is -2.38. The Hall–Kier alpha value is -3.76. The molecule has 0 spiro atoms. The molecule has 0 radical (unpaired) electrons. The molecule has 0 aliphatic heterocycles. The van der Waals surface area contributed by atoms with Gasteiger partial charge >= 0.3 is 0 Å². The molecule has 252 valence electrons. The van der Waals surface area contributed by atoms with Gasteiger partial charge in [0.15, 0.2) is 0 Å². The number of fused-ring (bicyclic) bond motifs is 1. The van der Waals surface area contributed by atoms with Gasteiger partial charge in [0.25, 0.3) is 5.91 Å². The zero-order valence-corrected chi connectivity index (χ0v) is 28.0. The lowest BCUT2D eigenvalue weighted by Crippen LogP contribution is -2.63. The van der Waals surface area contributed by atoms with E-state index in [0.717, 1.165) is 73.4 Å². The monoisotopic (exact) mass is 659 g/mol. The Morgan fingerprint density at radius 3 is 2.43 bits per heavy atom. The summed E-state index contributed by atoms with van der Waals surface area (Å²) in [5, 5.41) is 13.4. The molecule has 1 heterocycles. The first kappa shape index (κ1) is 34.6. The molecule has 0 saturated heterocycles. The number of nitrogens with two attached hydrogens (primary N) is 1. The number of hydrogen-bond acceptors (Lipinski definition) is 6. The standard InChI is InChI=1S/C37H49N5O4S/c38-21-10-3-11-22-39-33(43)28-16-12-17-29(24-28)40-34(44)30(23-26-13-4-1-5-14-26)41-36(46)37(19-8-2-9-20-37)42-35(45)32-25-27-15-6-7-18-31(27)47-32/h1,4-7,13-15,18,25,28-30H,2-3,8-12,16-17,19-24,38H2,(H,39,43)(H,40,44)(H,41,46)(H,42,45)/t28-,29+,30-/m1/s1. The van der Waals surface area contributed by atoms with Gasteiger partial charge in [-0.3, -0.25) is 19.2 Å². The first-order valence-corrected chi connectivity index (χ1v) is 18.1. The Morgan fingerprint density at radius 1 is 0.894 bits per heavy atom. The van der Waals surface area contributed by atoms with Crippen molar-refractivity contribution in [1.29, 1.82) is 0 Å². The van der Waals surface area contributed by atoms with Gasteiger partial charge in [0.05, 0.1) is 4.88 Å². The fourth-order valence-electron chi connectivity index (χ4n) is 6.96. The second-order valence-corrected chi connectivity index (χ2v) is 14.3. The predicted molar refractivity (Wildman–Crippen MR) is 187 cm³/mol. The van der Waals surface area contributed by atoms with Crippen LogP contribution in [0, 0.1) is 5.92 Å². The number of unbranched alkanes of at least 4 members (excludes halogenated alkanes) is 2. The van der Waals surface area contributed by atoms with Crippen molar-refractivity contribution in [1.82, 2.24) is 21.3 Å². The number of carbonyl (C=O) groups excluding carboxylic acids is 4. The molecule has 0 unspecified atom stereocenters. The van der Waals surface area contributed by atoms with Gasteiger partial charge in [-0.15, -0.1) is 11.3 Å². The van der Waals surface area contributed by atoms with Crippen LogP contribution in [-0.4, -0.2) is 54.3 Å². The molecule has 1 aromatic heterocycles. The van der Waals surface area contributed by atoms with E-state index in [1.807, 2.05) is 60.7 Å². The SMILES string of the molecule is NCCCCCNC(=O)[C@@H]1CCC[C@H](NC(=O)[C@@H](Cc2ccccc2)NC(=O)C2(NC(=O)c3cc4ccccc4s3)CCCCC2)C1. The van der Waals surface area contributed by atoms with Crippen molar-refractivity contribution in [2.75, 3.05) is 13.1 Å². The maximum atomic E-state index is 14.2. The summed E-state index contributed by atoms with van der Waals surface area (Å²) in [6, 6.07) is 18.4. The zero-order valence-electron chi connectivity index (χ0n) is 27.2. The number of rotatable bonds is 14. The molecule has 2 aromatic carbocycles. The summed E-state index contributed by atoms with van der Waals surface area (Å²) in [7, 11) is 0.